The average molecular weight is 388 g/mol. The molecule has 2 N–H and O–H groups in total. The zero-order valence-electron chi connectivity index (χ0n) is 17.0. The molecular weight excluding hydrogens is 354 g/mol. The highest BCUT2D eigenvalue weighted by atomic mass is 32.1. The van der Waals surface area contributed by atoms with Crippen LogP contribution in [0, 0.1) is 6.92 Å². The van der Waals surface area contributed by atoms with Crippen LogP contribution in [0.3, 0.4) is 0 Å². The number of hydrogen-bond acceptors (Lipinski definition) is 4. The number of benzene rings is 1. The maximum atomic E-state index is 4.71. The van der Waals surface area contributed by atoms with Crippen LogP contribution in [-0.2, 0) is 13.0 Å². The largest absolute Gasteiger partial charge is 0.357 e. The van der Waals surface area contributed by atoms with E-state index in [0.29, 0.717) is 12.6 Å². The average Bonchev–Trinajstić information content (AvgIpc) is 3.10. The quantitative estimate of drug-likeness (QED) is 0.484. The highest BCUT2D eigenvalue weighted by Gasteiger charge is 2.17. The normalized spacial score (nSPS) is 13.0. The van der Waals surface area contributed by atoms with Gasteiger partial charge in [0.15, 0.2) is 5.96 Å². The van der Waals surface area contributed by atoms with Gasteiger partial charge in [-0.05, 0) is 38.9 Å². The van der Waals surface area contributed by atoms with Gasteiger partial charge in [-0.2, -0.15) is 0 Å². The molecule has 1 aromatic heterocycles. The Morgan fingerprint density at radius 1 is 1.15 bits per heavy atom. The van der Waals surface area contributed by atoms with Crippen LogP contribution in [0.5, 0.6) is 0 Å². The van der Waals surface area contributed by atoms with Crippen LogP contribution in [0.25, 0.3) is 0 Å². The van der Waals surface area contributed by atoms with Gasteiger partial charge in [-0.25, -0.2) is 9.98 Å². The molecule has 0 spiro atoms. The molecule has 1 aromatic carbocycles. The molecule has 1 heterocycles. The number of guanidine groups is 1. The van der Waals surface area contributed by atoms with Crippen LogP contribution in [0.4, 0.5) is 0 Å². The molecule has 0 amide bonds. The number of likely N-dealkylation sites (N-methyl/N-ethyl adjacent to an activating group) is 1. The summed E-state index contributed by atoms with van der Waals surface area (Å²) in [5.41, 5.74) is 1.37. The number of aryl methyl sites for hydroxylation is 1. The van der Waals surface area contributed by atoms with Crippen LogP contribution < -0.4 is 10.6 Å². The van der Waals surface area contributed by atoms with Crippen LogP contribution in [-0.4, -0.2) is 48.1 Å². The van der Waals surface area contributed by atoms with Crippen molar-refractivity contribution in [2.24, 2.45) is 4.99 Å². The molecule has 1 unspecified atom stereocenters. The number of nitrogens with zero attached hydrogens (tertiary/aromatic N) is 3. The van der Waals surface area contributed by atoms with Crippen molar-refractivity contribution < 1.29 is 0 Å². The second-order valence-electron chi connectivity index (χ2n) is 6.51. The molecule has 148 valence electrons. The molecule has 0 aliphatic carbocycles. The minimum absolute atomic E-state index is 0.424. The molecular formula is C21H33N5S. The third-order valence-corrected chi connectivity index (χ3v) is 5.43. The number of aromatic nitrogens is 1. The fourth-order valence-corrected chi connectivity index (χ4v) is 3.85. The Bertz CT molecular complexity index is 679. The Hall–Kier alpha value is -1.92. The molecule has 6 heteroatoms. The predicted octanol–water partition coefficient (Wildman–Crippen LogP) is 3.46. The Labute approximate surface area is 167 Å². The minimum Gasteiger partial charge on any atom is -0.357 e. The van der Waals surface area contributed by atoms with Crippen molar-refractivity contribution in [2.75, 3.05) is 26.2 Å². The van der Waals surface area contributed by atoms with E-state index in [1.54, 1.807) is 11.3 Å². The van der Waals surface area contributed by atoms with Crippen molar-refractivity contribution >= 4 is 17.3 Å². The zero-order chi connectivity index (χ0) is 19.5. The first-order chi connectivity index (χ1) is 13.2. The van der Waals surface area contributed by atoms with E-state index in [1.807, 2.05) is 6.20 Å². The SMILES string of the molecule is CCNC(=NCc1ncc(C)s1)NCC(Cc1ccccc1)N(CC)CC. The van der Waals surface area contributed by atoms with Crippen molar-refractivity contribution in [3.63, 3.8) is 0 Å². The van der Waals surface area contributed by atoms with Gasteiger partial charge in [-0.3, -0.25) is 4.90 Å². The van der Waals surface area contributed by atoms with Crippen LogP contribution in [0.1, 0.15) is 36.2 Å². The van der Waals surface area contributed by atoms with Gasteiger partial charge in [-0.15, -0.1) is 11.3 Å². The van der Waals surface area contributed by atoms with E-state index in [0.717, 1.165) is 43.6 Å². The lowest BCUT2D eigenvalue weighted by Gasteiger charge is -2.30. The lowest BCUT2D eigenvalue weighted by Crippen LogP contribution is -2.48. The first kappa shape index (κ1) is 21.4. The molecule has 1 atom stereocenters. The van der Waals surface area contributed by atoms with Crippen molar-refractivity contribution in [1.82, 2.24) is 20.5 Å². The Kier molecular flexibility index (Phi) is 9.28. The van der Waals surface area contributed by atoms with Gasteiger partial charge < -0.3 is 10.6 Å². The van der Waals surface area contributed by atoms with Crippen molar-refractivity contribution in [1.29, 1.82) is 0 Å². The van der Waals surface area contributed by atoms with Crippen molar-refractivity contribution in [2.45, 2.75) is 46.7 Å². The van der Waals surface area contributed by atoms with E-state index >= 15 is 0 Å². The van der Waals surface area contributed by atoms with Crippen LogP contribution in [0.2, 0.25) is 0 Å². The van der Waals surface area contributed by atoms with Gasteiger partial charge >= 0.3 is 0 Å². The number of hydrogen-bond donors (Lipinski definition) is 2. The van der Waals surface area contributed by atoms with E-state index in [9.17, 15) is 0 Å². The van der Waals surface area contributed by atoms with Gasteiger partial charge in [0.2, 0.25) is 0 Å². The number of aliphatic imine (C=N–C) groups is 1. The predicted molar refractivity (Wildman–Crippen MR) is 117 cm³/mol. The van der Waals surface area contributed by atoms with E-state index < -0.39 is 0 Å². The lowest BCUT2D eigenvalue weighted by molar-refractivity contribution is 0.215. The highest BCUT2D eigenvalue weighted by Crippen LogP contribution is 2.12. The Balaban J connectivity index is 2.02. The van der Waals surface area contributed by atoms with Gasteiger partial charge in [0.1, 0.15) is 5.01 Å². The minimum atomic E-state index is 0.424. The summed E-state index contributed by atoms with van der Waals surface area (Å²) in [6.07, 6.45) is 2.94. The van der Waals surface area contributed by atoms with Crippen LogP contribution >= 0.6 is 11.3 Å². The fourth-order valence-electron chi connectivity index (χ4n) is 3.13. The third-order valence-electron chi connectivity index (χ3n) is 4.53. The molecule has 2 aromatic rings. The first-order valence-corrected chi connectivity index (χ1v) is 10.7. The number of nitrogens with one attached hydrogen (secondary N) is 2. The molecule has 0 saturated carbocycles. The Morgan fingerprint density at radius 2 is 1.89 bits per heavy atom. The summed E-state index contributed by atoms with van der Waals surface area (Å²) in [7, 11) is 0. The summed E-state index contributed by atoms with van der Waals surface area (Å²) < 4.78 is 0. The van der Waals surface area contributed by atoms with Gasteiger partial charge in [0.05, 0.1) is 6.54 Å². The smallest absolute Gasteiger partial charge is 0.191 e. The van der Waals surface area contributed by atoms with Crippen molar-refractivity contribution in [3.8, 4) is 0 Å². The van der Waals surface area contributed by atoms with Gasteiger partial charge in [0.25, 0.3) is 0 Å². The topological polar surface area (TPSA) is 52.6 Å². The standard InChI is InChI=1S/C21H33N5S/c1-5-22-21(25-16-20-23-14-17(4)27-20)24-15-19(26(6-2)7-3)13-18-11-9-8-10-12-18/h8-12,14,19H,5-7,13,15-16H2,1-4H3,(H2,22,24,25). The summed E-state index contributed by atoms with van der Waals surface area (Å²) in [4.78, 5) is 12.8. The monoisotopic (exact) mass is 387 g/mol. The molecule has 0 aliphatic rings. The van der Waals surface area contributed by atoms with Gasteiger partial charge in [-0.1, -0.05) is 44.2 Å². The summed E-state index contributed by atoms with van der Waals surface area (Å²) >= 11 is 1.70. The molecule has 0 saturated heterocycles. The van der Waals surface area contributed by atoms with E-state index in [1.165, 1.54) is 10.4 Å². The maximum absolute atomic E-state index is 4.71. The molecule has 0 bridgehead atoms. The second kappa shape index (κ2) is 11.7. The molecule has 27 heavy (non-hydrogen) atoms. The number of rotatable bonds is 10. The summed E-state index contributed by atoms with van der Waals surface area (Å²) in [6, 6.07) is 11.1. The molecule has 0 aliphatic heterocycles. The molecule has 0 fully saturated rings. The van der Waals surface area contributed by atoms with E-state index in [-0.39, 0.29) is 0 Å². The van der Waals surface area contributed by atoms with E-state index in [2.05, 4.69) is 78.5 Å². The zero-order valence-corrected chi connectivity index (χ0v) is 17.9. The molecule has 0 radical (unpaired) electrons. The first-order valence-electron chi connectivity index (χ1n) is 9.87. The highest BCUT2D eigenvalue weighted by molar-refractivity contribution is 7.11. The Morgan fingerprint density at radius 3 is 2.48 bits per heavy atom. The maximum Gasteiger partial charge on any atom is 0.191 e. The fraction of sp³-hybridized carbons (Fsp3) is 0.524. The summed E-state index contributed by atoms with van der Waals surface area (Å²) in [5, 5.41) is 7.94. The summed E-state index contributed by atoms with van der Waals surface area (Å²) in [6.45, 7) is 13.0. The number of thiazole rings is 1. The van der Waals surface area contributed by atoms with Gasteiger partial charge in [0, 0.05) is 30.2 Å². The van der Waals surface area contributed by atoms with E-state index in [4.69, 9.17) is 4.99 Å². The molecule has 5 nitrogen and oxygen atoms in total. The third kappa shape index (κ3) is 7.31. The molecule has 2 rings (SSSR count). The second-order valence-corrected chi connectivity index (χ2v) is 7.82. The van der Waals surface area contributed by atoms with Crippen molar-refractivity contribution in [3.05, 3.63) is 52.0 Å². The van der Waals surface area contributed by atoms with Crippen LogP contribution in [0.15, 0.2) is 41.5 Å². The summed E-state index contributed by atoms with van der Waals surface area (Å²) in [5.74, 6) is 0.857. The lowest BCUT2D eigenvalue weighted by atomic mass is 10.0.